The largest absolute Gasteiger partial charge is 0.468 e. The lowest BCUT2D eigenvalue weighted by Gasteiger charge is -2.13. The van der Waals surface area contributed by atoms with Crippen LogP contribution in [0.5, 0.6) is 0 Å². The third-order valence-corrected chi connectivity index (χ3v) is 2.27. The first-order valence-corrected chi connectivity index (χ1v) is 4.51. The van der Waals surface area contributed by atoms with Crippen molar-refractivity contribution in [3.05, 3.63) is 0 Å². The summed E-state index contributed by atoms with van der Waals surface area (Å²) >= 11 is 0. The number of hydrogen-bond acceptors (Lipinski definition) is 5. The summed E-state index contributed by atoms with van der Waals surface area (Å²) in [5, 5.41) is 0. The lowest BCUT2D eigenvalue weighted by atomic mass is 10.1. The van der Waals surface area contributed by atoms with E-state index >= 15 is 0 Å². The number of Topliss-reactive ketones (excluding diaryl/α,β-unsaturated/α-hetero) is 1. The number of rotatable bonds is 4. The number of esters is 1. The maximum Gasteiger partial charge on any atom is 0.318 e. The molecule has 1 heterocycles. The Morgan fingerprint density at radius 2 is 2.13 bits per heavy atom. The van der Waals surface area contributed by atoms with E-state index in [2.05, 4.69) is 4.74 Å². The van der Waals surface area contributed by atoms with Gasteiger partial charge in [0, 0.05) is 20.2 Å². The quantitative estimate of drug-likeness (QED) is 0.336. The van der Waals surface area contributed by atoms with Gasteiger partial charge in [-0.15, -0.1) is 0 Å². The molecule has 6 nitrogen and oxygen atoms in total. The molecule has 0 radical (unpaired) electrons. The van der Waals surface area contributed by atoms with E-state index < -0.39 is 23.6 Å². The Morgan fingerprint density at radius 3 is 2.67 bits per heavy atom. The SMILES string of the molecule is COCCN1C[C@@H](C(=O)OC)C(=O)C1=O. The van der Waals surface area contributed by atoms with Gasteiger partial charge in [0.1, 0.15) is 5.92 Å². The highest BCUT2D eigenvalue weighted by Crippen LogP contribution is 2.15. The summed E-state index contributed by atoms with van der Waals surface area (Å²) in [5.41, 5.74) is 0. The molecule has 0 N–H and O–H groups in total. The van der Waals surface area contributed by atoms with E-state index in [9.17, 15) is 14.4 Å². The van der Waals surface area contributed by atoms with Gasteiger partial charge in [-0.1, -0.05) is 0 Å². The molecule has 0 aliphatic carbocycles. The zero-order valence-electron chi connectivity index (χ0n) is 8.69. The zero-order valence-corrected chi connectivity index (χ0v) is 8.69. The maximum atomic E-state index is 11.4. The molecule has 6 heteroatoms. The summed E-state index contributed by atoms with van der Waals surface area (Å²) in [6.07, 6.45) is 0. The van der Waals surface area contributed by atoms with Gasteiger partial charge in [0.25, 0.3) is 5.91 Å². The molecule has 84 valence electrons. The van der Waals surface area contributed by atoms with Crippen molar-refractivity contribution >= 4 is 17.7 Å². The zero-order chi connectivity index (χ0) is 11.4. The summed E-state index contributed by atoms with van der Waals surface area (Å²) in [6.45, 7) is 0.745. The second kappa shape index (κ2) is 4.88. The minimum atomic E-state index is -0.973. The van der Waals surface area contributed by atoms with Crippen LogP contribution >= 0.6 is 0 Å². The van der Waals surface area contributed by atoms with Crippen molar-refractivity contribution < 1.29 is 23.9 Å². The summed E-state index contributed by atoms with van der Waals surface area (Å²) in [7, 11) is 2.69. The van der Waals surface area contributed by atoms with E-state index in [0.717, 1.165) is 0 Å². The first kappa shape index (κ1) is 11.6. The molecule has 1 aliphatic rings. The molecule has 0 aromatic heterocycles. The topological polar surface area (TPSA) is 72.9 Å². The number of nitrogens with zero attached hydrogens (tertiary/aromatic N) is 1. The number of hydrogen-bond donors (Lipinski definition) is 0. The van der Waals surface area contributed by atoms with Gasteiger partial charge >= 0.3 is 5.97 Å². The Balaban J connectivity index is 2.63. The first-order chi connectivity index (χ1) is 7.11. The van der Waals surface area contributed by atoms with Crippen molar-refractivity contribution in [1.82, 2.24) is 4.90 Å². The van der Waals surface area contributed by atoms with E-state index in [4.69, 9.17) is 4.74 Å². The summed E-state index contributed by atoms with van der Waals surface area (Å²) in [5.74, 6) is -2.96. The lowest BCUT2D eigenvalue weighted by molar-refractivity contribution is -0.150. The lowest BCUT2D eigenvalue weighted by Crippen LogP contribution is -2.30. The van der Waals surface area contributed by atoms with Crippen LogP contribution in [0, 0.1) is 5.92 Å². The van der Waals surface area contributed by atoms with Crippen LogP contribution in [-0.2, 0) is 23.9 Å². The molecule has 1 saturated heterocycles. The molecule has 0 bridgehead atoms. The van der Waals surface area contributed by atoms with Crippen LogP contribution in [0.25, 0.3) is 0 Å². The van der Waals surface area contributed by atoms with Gasteiger partial charge in [0.2, 0.25) is 5.78 Å². The van der Waals surface area contributed by atoms with E-state index in [0.29, 0.717) is 13.2 Å². The van der Waals surface area contributed by atoms with E-state index in [1.807, 2.05) is 0 Å². The minimum absolute atomic E-state index is 0.0910. The molecular formula is C9H13NO5. The molecular weight excluding hydrogens is 202 g/mol. The molecule has 15 heavy (non-hydrogen) atoms. The monoisotopic (exact) mass is 215 g/mol. The molecule has 1 amide bonds. The van der Waals surface area contributed by atoms with Crippen LogP contribution in [0.3, 0.4) is 0 Å². The number of ketones is 1. The summed E-state index contributed by atoms with van der Waals surface area (Å²) in [6, 6.07) is 0. The van der Waals surface area contributed by atoms with Gasteiger partial charge < -0.3 is 14.4 Å². The van der Waals surface area contributed by atoms with Crippen molar-refractivity contribution in [2.75, 3.05) is 33.9 Å². The fraction of sp³-hybridized carbons (Fsp3) is 0.667. The standard InChI is InChI=1S/C9H13NO5/c1-14-4-3-10-5-6(9(13)15-2)7(11)8(10)12/h6H,3-5H2,1-2H3/t6-/m1/s1. The second-order valence-corrected chi connectivity index (χ2v) is 3.18. The van der Waals surface area contributed by atoms with Gasteiger partial charge in [-0.05, 0) is 0 Å². The number of methoxy groups -OCH3 is 2. The molecule has 0 unspecified atom stereocenters. The third kappa shape index (κ3) is 2.33. The first-order valence-electron chi connectivity index (χ1n) is 4.51. The van der Waals surface area contributed by atoms with Crippen LogP contribution in [0.2, 0.25) is 0 Å². The Kier molecular flexibility index (Phi) is 3.79. The molecule has 1 fully saturated rings. The fourth-order valence-electron chi connectivity index (χ4n) is 1.41. The van der Waals surface area contributed by atoms with Gasteiger partial charge in [-0.25, -0.2) is 0 Å². The van der Waals surface area contributed by atoms with Crippen molar-refractivity contribution in [3.8, 4) is 0 Å². The van der Waals surface area contributed by atoms with Gasteiger partial charge in [-0.2, -0.15) is 0 Å². The Labute approximate surface area is 87.1 Å². The summed E-state index contributed by atoms with van der Waals surface area (Å²) in [4.78, 5) is 35.1. The van der Waals surface area contributed by atoms with Gasteiger partial charge in [0.05, 0.1) is 13.7 Å². The number of carbonyl (C=O) groups excluding carboxylic acids is 3. The molecule has 0 saturated carbocycles. The van der Waals surface area contributed by atoms with E-state index in [1.54, 1.807) is 0 Å². The van der Waals surface area contributed by atoms with Crippen LogP contribution in [0.15, 0.2) is 0 Å². The normalized spacial score (nSPS) is 20.9. The number of likely N-dealkylation sites (tertiary alicyclic amines) is 1. The fourth-order valence-corrected chi connectivity index (χ4v) is 1.41. The third-order valence-electron chi connectivity index (χ3n) is 2.27. The Hall–Kier alpha value is -1.43. The highest BCUT2D eigenvalue weighted by Gasteiger charge is 2.43. The van der Waals surface area contributed by atoms with Crippen LogP contribution in [-0.4, -0.2) is 56.5 Å². The highest BCUT2D eigenvalue weighted by molar-refractivity contribution is 6.42. The average molecular weight is 215 g/mol. The van der Waals surface area contributed by atoms with Crippen molar-refractivity contribution in [2.45, 2.75) is 0 Å². The molecule has 0 aromatic rings. The minimum Gasteiger partial charge on any atom is -0.468 e. The number of ether oxygens (including phenoxy) is 2. The van der Waals surface area contributed by atoms with Crippen LogP contribution in [0.1, 0.15) is 0 Å². The predicted molar refractivity (Wildman–Crippen MR) is 49.0 cm³/mol. The molecule has 0 aromatic carbocycles. The van der Waals surface area contributed by atoms with Crippen LogP contribution in [0.4, 0.5) is 0 Å². The molecule has 1 rings (SSSR count). The Morgan fingerprint density at radius 1 is 1.47 bits per heavy atom. The van der Waals surface area contributed by atoms with Crippen LogP contribution < -0.4 is 0 Å². The molecule has 1 aliphatic heterocycles. The number of amides is 1. The van der Waals surface area contributed by atoms with E-state index in [-0.39, 0.29) is 6.54 Å². The predicted octanol–water partition coefficient (Wildman–Crippen LogP) is -1.17. The summed E-state index contributed by atoms with van der Waals surface area (Å²) < 4.78 is 9.22. The number of carbonyl (C=O) groups is 3. The van der Waals surface area contributed by atoms with Crippen molar-refractivity contribution in [1.29, 1.82) is 0 Å². The second-order valence-electron chi connectivity index (χ2n) is 3.18. The smallest absolute Gasteiger partial charge is 0.318 e. The van der Waals surface area contributed by atoms with Crippen molar-refractivity contribution in [2.24, 2.45) is 5.92 Å². The average Bonchev–Trinajstić information content (AvgIpc) is 2.53. The van der Waals surface area contributed by atoms with Crippen molar-refractivity contribution in [3.63, 3.8) is 0 Å². The molecule has 1 atom stereocenters. The van der Waals surface area contributed by atoms with Gasteiger partial charge in [0.15, 0.2) is 0 Å². The Bertz CT molecular complexity index is 288. The van der Waals surface area contributed by atoms with E-state index in [1.165, 1.54) is 19.1 Å². The highest BCUT2D eigenvalue weighted by atomic mass is 16.5. The maximum absolute atomic E-state index is 11.4. The van der Waals surface area contributed by atoms with Gasteiger partial charge in [-0.3, -0.25) is 14.4 Å². The molecule has 0 spiro atoms.